The minimum atomic E-state index is -2.72. The Morgan fingerprint density at radius 2 is 1.00 bits per heavy atom. The second-order valence-corrected chi connectivity index (χ2v) is 34.7. The molecule has 0 saturated carbocycles. The minimum Gasteiger partial charge on any atom is -0.455 e. The van der Waals surface area contributed by atoms with Gasteiger partial charge in [0.15, 0.2) is 16.6 Å². The molecule has 0 saturated heterocycles. The lowest BCUT2D eigenvalue weighted by Crippen LogP contribution is -2.66. The fourth-order valence-electron chi connectivity index (χ4n) is 6.34. The molecule has 1 unspecified atom stereocenters. The van der Waals surface area contributed by atoms with Crippen LogP contribution < -0.4 is 0 Å². The van der Waals surface area contributed by atoms with Crippen molar-refractivity contribution >= 4 is 41.9 Å². The first kappa shape index (κ1) is 34.9. The highest BCUT2D eigenvalue weighted by Gasteiger charge is 2.55. The fourth-order valence-corrected chi connectivity index (χ4v) is 34.1. The summed E-state index contributed by atoms with van der Waals surface area (Å²) in [6, 6.07) is 9.56. The lowest BCUT2D eigenvalue weighted by Gasteiger charge is -2.52. The van der Waals surface area contributed by atoms with Gasteiger partial charge in [0.2, 0.25) is 0 Å². The topological polar surface area (TPSA) is 40.2 Å². The molecule has 0 rings (SSSR count). The summed E-state index contributed by atoms with van der Waals surface area (Å²) in [5, 5.41) is 0.184. The van der Waals surface area contributed by atoms with Crippen molar-refractivity contribution < 1.29 is 17.4 Å². The molecule has 0 aliphatic heterocycles. The van der Waals surface area contributed by atoms with E-state index in [1.54, 1.807) is 21.3 Å². The first-order valence-corrected chi connectivity index (χ1v) is 26.9. The monoisotopic (exact) mass is 567 g/mol. The molecule has 0 aromatic heterocycles. The van der Waals surface area contributed by atoms with Crippen molar-refractivity contribution in [1.82, 2.24) is 4.23 Å². The normalized spacial score (nSPS) is 15.3. The molecule has 0 spiro atoms. The molecule has 0 fully saturated rings. The van der Waals surface area contributed by atoms with E-state index in [1.165, 1.54) is 55.3 Å². The SMILES string of the molecule is CC[Si](CC)(CC)N(CCC[Si](C)(C)O[Si](C)(C)C(C)[Si](OC)(OC)OC)[Si](CC)(CC)CC. The van der Waals surface area contributed by atoms with Gasteiger partial charge in [-0.05, 0) is 81.5 Å². The Morgan fingerprint density at radius 1 is 0.647 bits per heavy atom. The Morgan fingerprint density at radius 3 is 1.29 bits per heavy atom. The smallest absolute Gasteiger partial charge is 0.455 e. The highest BCUT2D eigenvalue weighted by atomic mass is 28.5. The van der Waals surface area contributed by atoms with E-state index in [4.69, 9.17) is 17.4 Å². The quantitative estimate of drug-likeness (QED) is 0.148. The number of rotatable bonds is 19. The van der Waals surface area contributed by atoms with E-state index in [2.05, 4.69) is 78.9 Å². The molecule has 0 aromatic rings. The lowest BCUT2D eigenvalue weighted by atomic mass is 10.5. The molecule has 0 radical (unpaired) electrons. The van der Waals surface area contributed by atoms with Gasteiger partial charge in [0.1, 0.15) is 16.5 Å². The van der Waals surface area contributed by atoms with Crippen molar-refractivity contribution in [3.8, 4) is 0 Å². The van der Waals surface area contributed by atoms with Crippen LogP contribution in [0.2, 0.25) is 73.7 Å². The van der Waals surface area contributed by atoms with E-state index in [0.29, 0.717) is 0 Å². The van der Waals surface area contributed by atoms with Crippen LogP contribution in [-0.4, -0.2) is 74.0 Å². The second-order valence-electron chi connectivity index (χ2n) is 11.2. The minimum absolute atomic E-state index is 0.184. The van der Waals surface area contributed by atoms with Gasteiger partial charge in [0.25, 0.3) is 0 Å². The van der Waals surface area contributed by atoms with Crippen LogP contribution in [-0.2, 0) is 17.4 Å². The summed E-state index contributed by atoms with van der Waals surface area (Å²) in [5.74, 6) is 0. The Bertz CT molecular complexity index is 523. The van der Waals surface area contributed by atoms with Gasteiger partial charge in [-0.25, -0.2) is 0 Å². The summed E-state index contributed by atoms with van der Waals surface area (Å²) in [5.41, 5.74) is 0. The summed E-state index contributed by atoms with van der Waals surface area (Å²) >= 11 is 0. The van der Waals surface area contributed by atoms with Crippen LogP contribution in [0.25, 0.3) is 0 Å². The van der Waals surface area contributed by atoms with E-state index in [-0.39, 0.29) is 5.16 Å². The lowest BCUT2D eigenvalue weighted by molar-refractivity contribution is 0.119. The van der Waals surface area contributed by atoms with Gasteiger partial charge in [-0.1, -0.05) is 48.5 Å². The van der Waals surface area contributed by atoms with Crippen molar-refractivity contribution in [2.24, 2.45) is 0 Å². The van der Waals surface area contributed by atoms with Gasteiger partial charge in [-0.2, -0.15) is 0 Å². The molecular formula is C24H61NO4Si5. The van der Waals surface area contributed by atoms with Gasteiger partial charge in [0.05, 0.1) is 0 Å². The highest BCUT2D eigenvalue weighted by Crippen LogP contribution is 2.38. The Hall–Kier alpha value is 0.884. The van der Waals surface area contributed by atoms with E-state index in [9.17, 15) is 0 Å². The van der Waals surface area contributed by atoms with Crippen LogP contribution >= 0.6 is 0 Å². The van der Waals surface area contributed by atoms with Gasteiger partial charge in [-0.3, -0.25) is 0 Å². The van der Waals surface area contributed by atoms with Crippen molar-refractivity contribution in [3.05, 3.63) is 0 Å². The number of hydrogen-bond donors (Lipinski definition) is 0. The van der Waals surface area contributed by atoms with Gasteiger partial charge in [0, 0.05) is 26.5 Å². The van der Waals surface area contributed by atoms with E-state index < -0.39 is 41.9 Å². The Balaban J connectivity index is 5.70. The van der Waals surface area contributed by atoms with Crippen molar-refractivity contribution in [1.29, 1.82) is 0 Å². The maximum atomic E-state index is 7.09. The third-order valence-electron chi connectivity index (χ3n) is 9.22. The van der Waals surface area contributed by atoms with E-state index in [0.717, 1.165) is 0 Å². The third-order valence-corrected chi connectivity index (χ3v) is 36.6. The molecule has 0 aromatic carbocycles. The molecule has 5 nitrogen and oxygen atoms in total. The number of nitrogens with zero attached hydrogens (tertiary/aromatic N) is 1. The average molecular weight is 568 g/mol. The van der Waals surface area contributed by atoms with Crippen LogP contribution in [0.1, 0.15) is 54.9 Å². The summed E-state index contributed by atoms with van der Waals surface area (Å²) in [7, 11) is -4.32. The molecule has 0 bridgehead atoms. The maximum Gasteiger partial charge on any atom is 0.502 e. The molecule has 1 atom stereocenters. The van der Waals surface area contributed by atoms with Gasteiger partial charge in [-0.15, -0.1) is 0 Å². The molecule has 0 amide bonds. The number of hydrogen-bond acceptors (Lipinski definition) is 5. The molecule has 0 heterocycles. The van der Waals surface area contributed by atoms with E-state index >= 15 is 0 Å². The van der Waals surface area contributed by atoms with E-state index in [1.807, 2.05) is 0 Å². The third kappa shape index (κ3) is 7.94. The molecule has 0 N–H and O–H groups in total. The van der Waals surface area contributed by atoms with Crippen LogP contribution in [0.3, 0.4) is 0 Å². The van der Waals surface area contributed by atoms with Crippen molar-refractivity contribution in [2.45, 2.75) is 129 Å². The first-order chi connectivity index (χ1) is 15.7. The predicted octanol–water partition coefficient (Wildman–Crippen LogP) is 7.92. The summed E-state index contributed by atoms with van der Waals surface area (Å²) in [6.45, 7) is 27.8. The second kappa shape index (κ2) is 14.7. The fraction of sp³-hybridized carbons (Fsp3) is 1.00. The molecular weight excluding hydrogens is 507 g/mol. The summed E-state index contributed by atoms with van der Waals surface area (Å²) in [4.78, 5) is 0. The first-order valence-electron chi connectivity index (χ1n) is 13.9. The standard InChI is InChI=1S/C24H61NO4Si5/c1-15-32(16-2,17-3)25(33(18-4,19-5)20-6)22-21-23-30(11,12)29-31(13,14)24(7)34(26-8,27-9)28-10/h24H,15-23H2,1-14H3. The van der Waals surface area contributed by atoms with Crippen LogP contribution in [0.15, 0.2) is 0 Å². The van der Waals surface area contributed by atoms with Crippen LogP contribution in [0, 0.1) is 0 Å². The van der Waals surface area contributed by atoms with Crippen molar-refractivity contribution in [2.75, 3.05) is 27.9 Å². The molecule has 206 valence electrons. The molecule has 34 heavy (non-hydrogen) atoms. The molecule has 0 aliphatic rings. The van der Waals surface area contributed by atoms with Gasteiger partial charge >= 0.3 is 8.80 Å². The summed E-state index contributed by atoms with van der Waals surface area (Å²) in [6.07, 6.45) is 1.27. The molecule has 0 aliphatic carbocycles. The Labute approximate surface area is 219 Å². The average Bonchev–Trinajstić information content (AvgIpc) is 2.82. The largest absolute Gasteiger partial charge is 0.502 e. The zero-order chi connectivity index (χ0) is 26.8. The highest BCUT2D eigenvalue weighted by molar-refractivity contribution is 6.93. The van der Waals surface area contributed by atoms with Crippen molar-refractivity contribution in [3.63, 3.8) is 0 Å². The maximum absolute atomic E-state index is 7.09. The Kier molecular flexibility index (Phi) is 15.1. The van der Waals surface area contributed by atoms with Crippen LogP contribution in [0.4, 0.5) is 0 Å². The molecule has 10 heteroatoms. The zero-order valence-electron chi connectivity index (χ0n) is 25.5. The van der Waals surface area contributed by atoms with Crippen LogP contribution in [0.5, 0.6) is 0 Å². The summed E-state index contributed by atoms with van der Waals surface area (Å²) < 4.78 is 27.8. The predicted molar refractivity (Wildman–Crippen MR) is 163 cm³/mol. The van der Waals surface area contributed by atoms with Gasteiger partial charge < -0.3 is 21.6 Å². The zero-order valence-corrected chi connectivity index (χ0v) is 30.5.